The fraction of sp³-hybridized carbons (Fsp3) is 0.120. The number of anilines is 1. The molecule has 0 radical (unpaired) electrons. The first-order valence-corrected chi connectivity index (χ1v) is 11.0. The maximum atomic E-state index is 15.7. The molecule has 2 aromatic carbocycles. The summed E-state index contributed by atoms with van der Waals surface area (Å²) < 4.78 is 56.7. The molecule has 0 bridgehead atoms. The number of pyridine rings is 1. The summed E-state index contributed by atoms with van der Waals surface area (Å²) in [6.45, 7) is 1.76. The Morgan fingerprint density at radius 3 is 2.57 bits per heavy atom. The number of nitrogens with zero attached hydrogens (tertiary/aromatic N) is 4. The lowest BCUT2D eigenvalue weighted by Crippen LogP contribution is -2.30. The van der Waals surface area contributed by atoms with Crippen molar-refractivity contribution in [3.63, 3.8) is 0 Å². The van der Waals surface area contributed by atoms with Crippen molar-refractivity contribution < 1.29 is 27.1 Å². The van der Waals surface area contributed by atoms with Crippen molar-refractivity contribution in [2.45, 2.75) is 19.3 Å². The van der Waals surface area contributed by atoms with E-state index in [0.717, 1.165) is 11.6 Å². The monoisotopic (exact) mass is 508 g/mol. The summed E-state index contributed by atoms with van der Waals surface area (Å²) >= 11 is 0. The zero-order chi connectivity index (χ0) is 25.9. The molecule has 1 amide bonds. The average Bonchev–Trinajstić information content (AvgIpc) is 3.54. The molecule has 1 unspecified atom stereocenters. The normalized spacial score (nSPS) is 15.4. The number of carbonyl (C=O) groups is 1. The summed E-state index contributed by atoms with van der Waals surface area (Å²) in [7, 11) is 0. The van der Waals surface area contributed by atoms with Gasteiger partial charge in [0.15, 0.2) is 5.69 Å². The lowest BCUT2D eigenvalue weighted by molar-refractivity contribution is -0.276. The van der Waals surface area contributed by atoms with Crippen LogP contribution in [0.3, 0.4) is 0 Å². The third kappa shape index (κ3) is 3.86. The average molecular weight is 508 g/mol. The first-order chi connectivity index (χ1) is 17.7. The van der Waals surface area contributed by atoms with Gasteiger partial charge in [-0.05, 0) is 42.8 Å². The quantitative estimate of drug-likeness (QED) is 0.315. The minimum Gasteiger partial charge on any atom is -0.388 e. The number of fused-ring (bicyclic) bond motifs is 2. The number of carbonyl (C=O) groups excluding carboxylic acids is 1. The van der Waals surface area contributed by atoms with Crippen LogP contribution in [0.15, 0.2) is 61.1 Å². The van der Waals surface area contributed by atoms with Crippen LogP contribution in [-0.2, 0) is 0 Å². The Bertz CT molecular complexity index is 1660. The molecule has 1 atom stereocenters. The maximum Gasteiger partial charge on any atom is 0.574 e. The number of H-pyrrole nitrogens is 2. The van der Waals surface area contributed by atoms with Gasteiger partial charge in [-0.1, -0.05) is 12.1 Å². The molecule has 0 spiro atoms. The SMILES string of the molecule is Cc1[nH]nc2c1C(c1ccc(-c3ccc(OC(F)(F)F)nc3)cc1F)N(c1ccc3[nH]cnc3c1)C2=O. The summed E-state index contributed by atoms with van der Waals surface area (Å²) in [6, 6.07) is 11.3. The Kier molecular flexibility index (Phi) is 5.00. The standard InChI is InChI=1S/C25H16F4N6O2/c1-12-21-22(34-33-12)24(36)35(15-4-6-18-19(9-15)32-11-31-18)23(21)16-5-2-13(8-17(16)26)14-3-7-20(30-10-14)37-25(27,28)29/h2-11,23H,1H3,(H,31,32)(H,33,34). The fourth-order valence-electron chi connectivity index (χ4n) is 4.59. The van der Waals surface area contributed by atoms with Gasteiger partial charge >= 0.3 is 6.36 Å². The van der Waals surface area contributed by atoms with Gasteiger partial charge in [-0.15, -0.1) is 13.2 Å². The van der Waals surface area contributed by atoms with Crippen molar-refractivity contribution in [3.05, 3.63) is 89.4 Å². The molecule has 0 saturated carbocycles. The summed E-state index contributed by atoms with van der Waals surface area (Å²) in [4.78, 5) is 25.8. The Hall–Kier alpha value is -4.74. The van der Waals surface area contributed by atoms with Crippen molar-refractivity contribution in [1.29, 1.82) is 0 Å². The van der Waals surface area contributed by atoms with Gasteiger partial charge in [0.05, 0.1) is 23.4 Å². The molecule has 8 nitrogen and oxygen atoms in total. The molecular weight excluding hydrogens is 492 g/mol. The van der Waals surface area contributed by atoms with E-state index in [4.69, 9.17) is 0 Å². The van der Waals surface area contributed by atoms with Gasteiger partial charge in [0.2, 0.25) is 5.88 Å². The van der Waals surface area contributed by atoms with Crippen molar-refractivity contribution in [2.75, 3.05) is 4.90 Å². The number of hydrogen-bond donors (Lipinski definition) is 2. The Balaban J connectivity index is 1.40. The summed E-state index contributed by atoms with van der Waals surface area (Å²) in [5.41, 5.74) is 4.38. The number of halogens is 4. The minimum absolute atomic E-state index is 0.206. The van der Waals surface area contributed by atoms with E-state index >= 15 is 4.39 Å². The molecule has 37 heavy (non-hydrogen) atoms. The van der Waals surface area contributed by atoms with Crippen molar-refractivity contribution in [3.8, 4) is 17.0 Å². The van der Waals surface area contributed by atoms with Crippen LogP contribution >= 0.6 is 0 Å². The van der Waals surface area contributed by atoms with E-state index in [-0.39, 0.29) is 17.2 Å². The number of aromatic amines is 2. The van der Waals surface area contributed by atoms with E-state index in [1.54, 1.807) is 43.6 Å². The Labute approximate surface area is 205 Å². The highest BCUT2D eigenvalue weighted by Gasteiger charge is 2.43. The molecule has 0 fully saturated rings. The number of benzene rings is 2. The van der Waals surface area contributed by atoms with Crippen LogP contribution in [0.2, 0.25) is 0 Å². The van der Waals surface area contributed by atoms with Crippen LogP contribution in [0.5, 0.6) is 5.88 Å². The highest BCUT2D eigenvalue weighted by Crippen LogP contribution is 2.44. The van der Waals surface area contributed by atoms with E-state index in [9.17, 15) is 18.0 Å². The van der Waals surface area contributed by atoms with Gasteiger partial charge in [-0.2, -0.15) is 5.10 Å². The largest absolute Gasteiger partial charge is 0.574 e. The first kappa shape index (κ1) is 22.7. The topological polar surface area (TPSA) is 99.8 Å². The second kappa shape index (κ2) is 8.15. The van der Waals surface area contributed by atoms with Crippen molar-refractivity contribution in [2.24, 2.45) is 0 Å². The molecule has 0 aliphatic carbocycles. The molecule has 3 aromatic heterocycles. The molecule has 186 valence electrons. The molecule has 6 rings (SSSR count). The second-order valence-corrected chi connectivity index (χ2v) is 8.46. The smallest absolute Gasteiger partial charge is 0.388 e. The van der Waals surface area contributed by atoms with Gasteiger partial charge in [0.1, 0.15) is 5.82 Å². The van der Waals surface area contributed by atoms with Crippen molar-refractivity contribution >= 4 is 22.6 Å². The van der Waals surface area contributed by atoms with Gasteiger partial charge < -0.3 is 9.72 Å². The third-order valence-corrected chi connectivity index (χ3v) is 6.22. The number of aryl methyl sites for hydroxylation is 1. The highest BCUT2D eigenvalue weighted by molar-refractivity contribution is 6.11. The van der Waals surface area contributed by atoms with Crippen LogP contribution in [0.4, 0.5) is 23.2 Å². The van der Waals surface area contributed by atoms with Crippen molar-refractivity contribution in [1.82, 2.24) is 25.1 Å². The summed E-state index contributed by atoms with van der Waals surface area (Å²) in [5, 5.41) is 6.96. The van der Waals surface area contributed by atoms with Crippen LogP contribution in [0.25, 0.3) is 22.2 Å². The fourth-order valence-corrected chi connectivity index (χ4v) is 4.59. The number of ether oxygens (including phenoxy) is 1. The summed E-state index contributed by atoms with van der Waals surface area (Å²) in [5.74, 6) is -1.61. The van der Waals surface area contributed by atoms with Crippen LogP contribution < -0.4 is 9.64 Å². The molecule has 0 saturated heterocycles. The summed E-state index contributed by atoms with van der Waals surface area (Å²) in [6.07, 6.45) is -2.15. The third-order valence-electron chi connectivity index (χ3n) is 6.22. The predicted octanol–water partition coefficient (Wildman–Crippen LogP) is 5.44. The molecular formula is C25H16F4N6O2. The lowest BCUT2D eigenvalue weighted by atomic mass is 9.96. The van der Waals surface area contributed by atoms with Gasteiger partial charge in [-0.3, -0.25) is 14.8 Å². The van der Waals surface area contributed by atoms with Crippen LogP contribution in [0, 0.1) is 12.7 Å². The van der Waals surface area contributed by atoms with E-state index in [1.807, 2.05) is 0 Å². The molecule has 1 aliphatic rings. The lowest BCUT2D eigenvalue weighted by Gasteiger charge is -2.27. The van der Waals surface area contributed by atoms with E-state index < -0.39 is 24.1 Å². The van der Waals surface area contributed by atoms with Gasteiger partial charge in [0.25, 0.3) is 5.91 Å². The predicted molar refractivity (Wildman–Crippen MR) is 124 cm³/mol. The molecule has 4 heterocycles. The molecule has 1 aliphatic heterocycles. The first-order valence-electron chi connectivity index (χ1n) is 11.0. The number of rotatable bonds is 4. The van der Waals surface area contributed by atoms with Crippen LogP contribution in [0.1, 0.15) is 33.4 Å². The van der Waals surface area contributed by atoms with Crippen LogP contribution in [-0.4, -0.2) is 37.4 Å². The van der Waals surface area contributed by atoms with E-state index in [2.05, 4.69) is 29.9 Å². The van der Waals surface area contributed by atoms with E-state index in [1.165, 1.54) is 23.2 Å². The maximum absolute atomic E-state index is 15.7. The number of nitrogens with one attached hydrogen (secondary N) is 2. The zero-order valence-electron chi connectivity index (χ0n) is 19.0. The van der Waals surface area contributed by atoms with Gasteiger partial charge in [-0.25, -0.2) is 14.4 Å². The molecule has 5 aromatic rings. The molecule has 12 heteroatoms. The Morgan fingerprint density at radius 1 is 1.03 bits per heavy atom. The van der Waals surface area contributed by atoms with E-state index in [0.29, 0.717) is 33.6 Å². The zero-order valence-corrected chi connectivity index (χ0v) is 19.0. The Morgan fingerprint density at radius 2 is 1.84 bits per heavy atom. The number of aromatic nitrogens is 5. The number of alkyl halides is 3. The molecule has 2 N–H and O–H groups in total. The second-order valence-electron chi connectivity index (χ2n) is 8.46. The number of hydrogen-bond acceptors (Lipinski definition) is 5. The number of imidazole rings is 1. The minimum atomic E-state index is -4.86. The highest BCUT2D eigenvalue weighted by atomic mass is 19.4. The van der Waals surface area contributed by atoms with Gasteiger partial charge in [0, 0.05) is 40.3 Å². The number of amides is 1.